The molecule has 2 rings (SSSR count). The highest BCUT2D eigenvalue weighted by molar-refractivity contribution is 5.89. The first kappa shape index (κ1) is 12.9. The minimum atomic E-state index is -1.13. The van der Waals surface area contributed by atoms with Gasteiger partial charge in [-0.15, -0.1) is 0 Å². The van der Waals surface area contributed by atoms with E-state index in [4.69, 9.17) is 9.84 Å². The van der Waals surface area contributed by atoms with Gasteiger partial charge in [-0.25, -0.2) is 4.79 Å². The predicted octanol–water partition coefficient (Wildman–Crippen LogP) is 1.76. The number of carboxylic acid groups (broad SMARTS) is 1. The van der Waals surface area contributed by atoms with Gasteiger partial charge in [0.2, 0.25) is 0 Å². The molecule has 0 bridgehead atoms. The number of pyridine rings is 1. The van der Waals surface area contributed by atoms with Crippen LogP contribution in [0.25, 0.3) is 11.3 Å². The summed E-state index contributed by atoms with van der Waals surface area (Å²) in [5.74, 6) is -0.547. The number of aromatic nitrogens is 1. The van der Waals surface area contributed by atoms with Crippen LogP contribution in [0.1, 0.15) is 10.4 Å². The second-order valence-electron chi connectivity index (χ2n) is 4.03. The molecule has 1 heterocycles. The van der Waals surface area contributed by atoms with E-state index in [1.165, 1.54) is 17.7 Å². The van der Waals surface area contributed by atoms with E-state index >= 15 is 0 Å². The minimum absolute atomic E-state index is 0.0380. The zero-order chi connectivity index (χ0) is 14.0. The Balaban J connectivity index is 2.74. The van der Waals surface area contributed by atoms with Gasteiger partial charge in [0.05, 0.1) is 18.4 Å². The van der Waals surface area contributed by atoms with Crippen LogP contribution in [-0.4, -0.2) is 22.8 Å². The summed E-state index contributed by atoms with van der Waals surface area (Å²) in [6, 6.07) is 9.70. The van der Waals surface area contributed by atoms with E-state index in [0.29, 0.717) is 17.0 Å². The van der Waals surface area contributed by atoms with Crippen molar-refractivity contribution in [3.8, 4) is 17.0 Å². The first-order chi connectivity index (χ1) is 9.04. The van der Waals surface area contributed by atoms with Crippen LogP contribution in [0.15, 0.2) is 41.2 Å². The van der Waals surface area contributed by atoms with Gasteiger partial charge in [-0.2, -0.15) is 0 Å². The summed E-state index contributed by atoms with van der Waals surface area (Å²) in [5.41, 5.74) is 0.764. The van der Waals surface area contributed by atoms with Crippen molar-refractivity contribution >= 4 is 5.97 Å². The molecule has 5 nitrogen and oxygen atoms in total. The smallest absolute Gasteiger partial charge is 0.335 e. The van der Waals surface area contributed by atoms with Crippen LogP contribution in [0, 0.1) is 0 Å². The van der Waals surface area contributed by atoms with Crippen LogP contribution in [0.2, 0.25) is 0 Å². The molecule has 0 aliphatic heterocycles. The van der Waals surface area contributed by atoms with E-state index < -0.39 is 5.97 Å². The Morgan fingerprint density at radius 2 is 1.95 bits per heavy atom. The fourth-order valence-electron chi connectivity index (χ4n) is 1.87. The number of carbonyl (C=O) groups is 1. The van der Waals surface area contributed by atoms with Gasteiger partial charge >= 0.3 is 5.97 Å². The van der Waals surface area contributed by atoms with Crippen LogP contribution in [-0.2, 0) is 7.05 Å². The number of ether oxygens (including phenoxy) is 1. The summed E-state index contributed by atoms with van der Waals surface area (Å²) < 4.78 is 6.63. The lowest BCUT2D eigenvalue weighted by atomic mass is 10.1. The molecule has 0 aliphatic rings. The van der Waals surface area contributed by atoms with Gasteiger partial charge in [-0.3, -0.25) is 4.79 Å². The molecule has 0 radical (unpaired) electrons. The molecule has 0 aliphatic carbocycles. The highest BCUT2D eigenvalue weighted by atomic mass is 16.5. The van der Waals surface area contributed by atoms with Crippen molar-refractivity contribution in [2.45, 2.75) is 0 Å². The molecular weight excluding hydrogens is 246 g/mol. The molecule has 98 valence electrons. The number of nitrogens with zero attached hydrogens (tertiary/aromatic N) is 1. The van der Waals surface area contributed by atoms with E-state index in [1.807, 2.05) is 6.07 Å². The lowest BCUT2D eigenvalue weighted by Gasteiger charge is -2.12. The molecule has 0 saturated heterocycles. The number of aromatic carboxylic acids is 1. The Kier molecular flexibility index (Phi) is 3.37. The summed E-state index contributed by atoms with van der Waals surface area (Å²) >= 11 is 0. The number of hydrogen-bond acceptors (Lipinski definition) is 3. The molecule has 5 heteroatoms. The maximum atomic E-state index is 11.8. The van der Waals surface area contributed by atoms with Crippen molar-refractivity contribution in [1.29, 1.82) is 0 Å². The molecule has 0 unspecified atom stereocenters. The highest BCUT2D eigenvalue weighted by Gasteiger charge is 2.13. The number of para-hydroxylation sites is 1. The number of methoxy groups -OCH3 is 1. The number of benzene rings is 1. The van der Waals surface area contributed by atoms with Crippen LogP contribution < -0.4 is 10.3 Å². The van der Waals surface area contributed by atoms with Gasteiger partial charge in [-0.1, -0.05) is 12.1 Å². The van der Waals surface area contributed by atoms with E-state index in [-0.39, 0.29) is 11.1 Å². The first-order valence-corrected chi connectivity index (χ1v) is 5.62. The molecular formula is C14H13NO4. The van der Waals surface area contributed by atoms with Gasteiger partial charge in [0.15, 0.2) is 0 Å². The van der Waals surface area contributed by atoms with Crippen molar-refractivity contribution in [2.75, 3.05) is 7.11 Å². The van der Waals surface area contributed by atoms with Gasteiger partial charge in [-0.05, 0) is 18.2 Å². The largest absolute Gasteiger partial charge is 0.496 e. The van der Waals surface area contributed by atoms with Crippen molar-refractivity contribution in [1.82, 2.24) is 4.57 Å². The predicted molar refractivity (Wildman–Crippen MR) is 70.6 cm³/mol. The lowest BCUT2D eigenvalue weighted by molar-refractivity contribution is 0.0696. The van der Waals surface area contributed by atoms with Crippen molar-refractivity contribution < 1.29 is 14.6 Å². The molecule has 0 fully saturated rings. The Bertz CT molecular complexity index is 688. The lowest BCUT2D eigenvalue weighted by Crippen LogP contribution is -2.19. The Morgan fingerprint density at radius 3 is 2.58 bits per heavy atom. The average Bonchev–Trinajstić information content (AvgIpc) is 2.41. The minimum Gasteiger partial charge on any atom is -0.496 e. The zero-order valence-electron chi connectivity index (χ0n) is 10.6. The highest BCUT2D eigenvalue weighted by Crippen LogP contribution is 2.28. The molecule has 1 aromatic carbocycles. The summed E-state index contributed by atoms with van der Waals surface area (Å²) in [4.78, 5) is 22.8. The van der Waals surface area contributed by atoms with Crippen molar-refractivity contribution in [3.63, 3.8) is 0 Å². The Labute approximate surface area is 109 Å². The molecule has 0 amide bonds. The summed E-state index contributed by atoms with van der Waals surface area (Å²) in [5, 5.41) is 9.02. The zero-order valence-corrected chi connectivity index (χ0v) is 10.6. The summed E-state index contributed by atoms with van der Waals surface area (Å²) in [6.45, 7) is 0. The topological polar surface area (TPSA) is 68.5 Å². The van der Waals surface area contributed by atoms with Crippen molar-refractivity contribution in [2.24, 2.45) is 7.05 Å². The Morgan fingerprint density at radius 1 is 1.26 bits per heavy atom. The van der Waals surface area contributed by atoms with Crippen LogP contribution in [0.3, 0.4) is 0 Å². The van der Waals surface area contributed by atoms with Crippen LogP contribution in [0.4, 0.5) is 0 Å². The second-order valence-corrected chi connectivity index (χ2v) is 4.03. The standard InChI is InChI=1S/C14H13NO4/c1-15-11(7-9(14(17)18)8-13(15)16)10-5-3-4-6-12(10)19-2/h3-8H,1-2H3,(H,17,18). The molecule has 0 saturated carbocycles. The Hall–Kier alpha value is -2.56. The van der Waals surface area contributed by atoms with Crippen LogP contribution in [0.5, 0.6) is 5.75 Å². The van der Waals surface area contributed by atoms with E-state index in [1.54, 1.807) is 25.2 Å². The molecule has 1 aromatic heterocycles. The first-order valence-electron chi connectivity index (χ1n) is 5.62. The van der Waals surface area contributed by atoms with Gasteiger partial charge < -0.3 is 14.4 Å². The average molecular weight is 259 g/mol. The third-order valence-corrected chi connectivity index (χ3v) is 2.89. The fourth-order valence-corrected chi connectivity index (χ4v) is 1.87. The molecule has 0 atom stereocenters. The number of hydrogen-bond donors (Lipinski definition) is 1. The third kappa shape index (κ3) is 2.35. The maximum absolute atomic E-state index is 11.8. The van der Waals surface area contributed by atoms with E-state index in [0.717, 1.165) is 6.07 Å². The molecule has 0 spiro atoms. The second kappa shape index (κ2) is 4.97. The van der Waals surface area contributed by atoms with E-state index in [9.17, 15) is 9.59 Å². The molecule has 1 N–H and O–H groups in total. The maximum Gasteiger partial charge on any atom is 0.335 e. The van der Waals surface area contributed by atoms with Gasteiger partial charge in [0.25, 0.3) is 5.56 Å². The van der Waals surface area contributed by atoms with Gasteiger partial charge in [0.1, 0.15) is 5.75 Å². The van der Waals surface area contributed by atoms with Crippen molar-refractivity contribution in [3.05, 3.63) is 52.3 Å². The van der Waals surface area contributed by atoms with E-state index in [2.05, 4.69) is 0 Å². The number of rotatable bonds is 3. The SMILES string of the molecule is COc1ccccc1-c1cc(C(=O)O)cc(=O)n1C. The molecule has 19 heavy (non-hydrogen) atoms. The summed E-state index contributed by atoms with van der Waals surface area (Å²) in [7, 11) is 3.12. The fraction of sp³-hybridized carbons (Fsp3) is 0.143. The van der Waals surface area contributed by atoms with Crippen LogP contribution >= 0.6 is 0 Å². The molecule has 2 aromatic rings. The summed E-state index contributed by atoms with van der Waals surface area (Å²) in [6.07, 6.45) is 0. The quantitative estimate of drug-likeness (QED) is 0.911. The number of carboxylic acids is 1. The van der Waals surface area contributed by atoms with Gasteiger partial charge in [0, 0.05) is 18.7 Å². The monoisotopic (exact) mass is 259 g/mol. The third-order valence-electron chi connectivity index (χ3n) is 2.89. The normalized spacial score (nSPS) is 10.2.